The Bertz CT molecular complexity index is 1030. The monoisotopic (exact) mass is 443 g/mol. The minimum atomic E-state index is -0.405. The molecule has 1 aromatic carbocycles. The Morgan fingerprint density at radius 2 is 2.07 bits per heavy atom. The van der Waals surface area contributed by atoms with E-state index < -0.39 is 5.82 Å². The Balaban J connectivity index is 1.47. The fourth-order valence-electron chi connectivity index (χ4n) is 3.51. The molecule has 4 rings (SSSR count). The first-order chi connectivity index (χ1) is 14.5. The normalized spacial score (nSPS) is 16.2. The third-order valence-corrected chi connectivity index (χ3v) is 6.81. The van der Waals surface area contributed by atoms with Crippen molar-refractivity contribution < 1.29 is 13.9 Å². The van der Waals surface area contributed by atoms with Gasteiger partial charge in [0.15, 0.2) is 11.6 Å². The molecule has 0 unspecified atom stereocenters. The molecule has 0 radical (unpaired) electrons. The van der Waals surface area contributed by atoms with Crippen molar-refractivity contribution in [1.29, 1.82) is 0 Å². The van der Waals surface area contributed by atoms with E-state index in [1.807, 2.05) is 47.0 Å². The van der Waals surface area contributed by atoms with E-state index >= 15 is 0 Å². The molecule has 1 aliphatic rings. The van der Waals surface area contributed by atoms with Gasteiger partial charge in [0.05, 0.1) is 30.3 Å². The zero-order valence-corrected chi connectivity index (χ0v) is 18.4. The summed E-state index contributed by atoms with van der Waals surface area (Å²) in [4.78, 5) is 17.2. The maximum Gasteiger partial charge on any atom is 0.257 e. The van der Waals surface area contributed by atoms with Crippen molar-refractivity contribution in [3.8, 4) is 5.75 Å². The van der Waals surface area contributed by atoms with Crippen molar-refractivity contribution in [2.45, 2.75) is 19.0 Å². The number of halogens is 1. The Morgan fingerprint density at radius 1 is 1.27 bits per heavy atom. The van der Waals surface area contributed by atoms with Gasteiger partial charge in [-0.05, 0) is 47.6 Å². The number of hydrogen-bond donors (Lipinski definition) is 0. The number of rotatable bonds is 7. The Labute approximate surface area is 183 Å². The zero-order valence-electron chi connectivity index (χ0n) is 16.7. The summed E-state index contributed by atoms with van der Waals surface area (Å²) in [7, 11) is 3.29. The van der Waals surface area contributed by atoms with E-state index in [0.717, 1.165) is 21.0 Å². The van der Waals surface area contributed by atoms with Crippen molar-refractivity contribution in [3.63, 3.8) is 0 Å². The van der Waals surface area contributed by atoms with Gasteiger partial charge >= 0.3 is 0 Å². The molecule has 2 aromatic heterocycles. The number of nitrogens with zero attached hydrogens (tertiary/aromatic N) is 3. The van der Waals surface area contributed by atoms with Gasteiger partial charge < -0.3 is 4.74 Å². The predicted octanol–water partition coefficient (Wildman–Crippen LogP) is 4.77. The van der Waals surface area contributed by atoms with E-state index in [1.54, 1.807) is 39.8 Å². The van der Waals surface area contributed by atoms with E-state index in [-0.39, 0.29) is 24.2 Å². The summed E-state index contributed by atoms with van der Waals surface area (Å²) in [6.07, 6.45) is 0.709. The highest BCUT2D eigenvalue weighted by atomic mass is 32.1. The summed E-state index contributed by atoms with van der Waals surface area (Å²) in [6.45, 7) is 0.641. The molecule has 0 aliphatic carbocycles. The van der Waals surface area contributed by atoms with Crippen LogP contribution in [0.1, 0.15) is 27.8 Å². The molecular weight excluding hydrogens is 421 g/mol. The highest BCUT2D eigenvalue weighted by Crippen LogP contribution is 2.36. The number of amides is 1. The summed E-state index contributed by atoms with van der Waals surface area (Å²) in [5, 5.41) is 10.3. The number of likely N-dealkylation sites (N-methyl/N-ethyl adjacent to an activating group) is 1. The van der Waals surface area contributed by atoms with Gasteiger partial charge in [0.2, 0.25) is 0 Å². The third-order valence-electron chi connectivity index (χ3n) is 4.92. The quantitative estimate of drug-likeness (QED) is 0.529. The molecule has 30 heavy (non-hydrogen) atoms. The number of ether oxygens (including phenoxy) is 1. The van der Waals surface area contributed by atoms with Crippen LogP contribution < -0.4 is 4.74 Å². The van der Waals surface area contributed by atoms with Crippen LogP contribution in [0.3, 0.4) is 0 Å². The summed E-state index contributed by atoms with van der Waals surface area (Å²) in [6, 6.07) is 12.8. The maximum absolute atomic E-state index is 14.0. The van der Waals surface area contributed by atoms with E-state index in [4.69, 9.17) is 4.74 Å². The summed E-state index contributed by atoms with van der Waals surface area (Å²) in [5.41, 5.74) is 1.72. The fraction of sp³-hybridized carbons (Fsp3) is 0.273. The fourth-order valence-corrected chi connectivity index (χ4v) is 5.05. The minimum absolute atomic E-state index is 0.0727. The lowest BCUT2D eigenvalue weighted by Crippen LogP contribution is -2.36. The molecule has 0 saturated heterocycles. The van der Waals surface area contributed by atoms with Crippen molar-refractivity contribution in [2.24, 2.45) is 5.10 Å². The minimum Gasteiger partial charge on any atom is -0.494 e. The molecular formula is C22H22FN3O2S2. The van der Waals surface area contributed by atoms with Gasteiger partial charge in [-0.25, -0.2) is 9.40 Å². The van der Waals surface area contributed by atoms with Crippen LogP contribution in [0.25, 0.3) is 0 Å². The predicted molar refractivity (Wildman–Crippen MR) is 119 cm³/mol. The van der Waals surface area contributed by atoms with Gasteiger partial charge in [0, 0.05) is 17.8 Å². The maximum atomic E-state index is 14.0. The van der Waals surface area contributed by atoms with Crippen LogP contribution >= 0.6 is 22.7 Å². The molecule has 0 fully saturated rings. The molecule has 0 saturated carbocycles. The van der Waals surface area contributed by atoms with Gasteiger partial charge in [0.1, 0.15) is 0 Å². The highest BCUT2D eigenvalue weighted by molar-refractivity contribution is 7.12. The number of benzene rings is 1. The van der Waals surface area contributed by atoms with Crippen molar-refractivity contribution in [3.05, 3.63) is 74.4 Å². The van der Waals surface area contributed by atoms with Crippen molar-refractivity contribution in [1.82, 2.24) is 9.91 Å². The molecule has 0 N–H and O–H groups in total. The molecule has 5 nitrogen and oxygen atoms in total. The van der Waals surface area contributed by atoms with Gasteiger partial charge in [0.25, 0.3) is 5.91 Å². The lowest BCUT2D eigenvalue weighted by molar-refractivity contribution is -0.134. The molecule has 0 bridgehead atoms. The topological polar surface area (TPSA) is 45.1 Å². The van der Waals surface area contributed by atoms with Gasteiger partial charge in [-0.2, -0.15) is 5.10 Å². The standard InChI is InChI=1S/C22H22FN3O2S2/c1-25(13-15-7-8-19(28-2)16(23)11-15)14-22(27)26-18(21-6-4-10-30-21)12-17(24-26)20-5-3-9-29-20/h3-11,18H,12-14H2,1-2H3/t18-/m0/s1. The molecule has 1 atom stereocenters. The second kappa shape index (κ2) is 9.07. The first-order valence-electron chi connectivity index (χ1n) is 9.53. The molecule has 1 aliphatic heterocycles. The van der Waals surface area contributed by atoms with E-state index in [9.17, 15) is 9.18 Å². The van der Waals surface area contributed by atoms with E-state index in [0.29, 0.717) is 13.0 Å². The SMILES string of the molecule is COc1ccc(CN(C)CC(=O)N2N=C(c3cccs3)C[C@H]2c2cccs2)cc1F. The largest absolute Gasteiger partial charge is 0.494 e. The molecule has 1 amide bonds. The van der Waals surface area contributed by atoms with Crippen LogP contribution in [0.4, 0.5) is 4.39 Å². The molecule has 0 spiro atoms. The zero-order chi connectivity index (χ0) is 21.1. The van der Waals surface area contributed by atoms with Crippen molar-refractivity contribution >= 4 is 34.3 Å². The number of thiophene rings is 2. The van der Waals surface area contributed by atoms with Gasteiger partial charge in [-0.1, -0.05) is 18.2 Å². The third kappa shape index (κ3) is 4.45. The second-order valence-electron chi connectivity index (χ2n) is 7.14. The first kappa shape index (κ1) is 20.7. The average molecular weight is 444 g/mol. The van der Waals surface area contributed by atoms with E-state index in [2.05, 4.69) is 5.10 Å². The second-order valence-corrected chi connectivity index (χ2v) is 9.07. The number of hydrogen-bond acceptors (Lipinski definition) is 6. The highest BCUT2D eigenvalue weighted by Gasteiger charge is 2.34. The Kier molecular flexibility index (Phi) is 6.26. The number of carbonyl (C=O) groups excluding carboxylic acids is 1. The molecule has 3 heterocycles. The van der Waals surface area contributed by atoms with Crippen molar-refractivity contribution in [2.75, 3.05) is 20.7 Å². The van der Waals surface area contributed by atoms with E-state index in [1.165, 1.54) is 13.2 Å². The van der Waals surface area contributed by atoms with Crippen LogP contribution in [0, 0.1) is 5.82 Å². The Hall–Kier alpha value is -2.55. The van der Waals surface area contributed by atoms with Crippen LogP contribution in [0.2, 0.25) is 0 Å². The number of carbonyl (C=O) groups is 1. The van der Waals surface area contributed by atoms with Crippen LogP contribution in [0.5, 0.6) is 5.75 Å². The number of methoxy groups -OCH3 is 1. The molecule has 8 heteroatoms. The summed E-state index contributed by atoms with van der Waals surface area (Å²) >= 11 is 3.27. The van der Waals surface area contributed by atoms with Gasteiger partial charge in [-0.15, -0.1) is 22.7 Å². The van der Waals surface area contributed by atoms with Crippen LogP contribution in [0.15, 0.2) is 58.3 Å². The van der Waals surface area contributed by atoms with Crippen LogP contribution in [-0.2, 0) is 11.3 Å². The van der Waals surface area contributed by atoms with Crippen LogP contribution in [-0.4, -0.2) is 42.2 Å². The Morgan fingerprint density at radius 3 is 2.73 bits per heavy atom. The first-order valence-corrected chi connectivity index (χ1v) is 11.3. The van der Waals surface area contributed by atoms with Gasteiger partial charge in [-0.3, -0.25) is 9.69 Å². The smallest absolute Gasteiger partial charge is 0.257 e. The number of hydrazone groups is 1. The lowest BCUT2D eigenvalue weighted by Gasteiger charge is -2.24. The average Bonchev–Trinajstić information content (AvgIpc) is 3.48. The molecule has 156 valence electrons. The summed E-state index contributed by atoms with van der Waals surface area (Å²) in [5.74, 6) is -0.266. The molecule has 3 aromatic rings. The lowest BCUT2D eigenvalue weighted by atomic mass is 10.1. The summed E-state index contributed by atoms with van der Waals surface area (Å²) < 4.78 is 18.9.